The summed E-state index contributed by atoms with van der Waals surface area (Å²) in [4.78, 5) is 25.3. The maximum atomic E-state index is 14.6. The average molecular weight is 479 g/mol. The van der Waals surface area contributed by atoms with Gasteiger partial charge in [-0.2, -0.15) is 0 Å². The monoisotopic (exact) mass is 478 g/mol. The highest BCUT2D eigenvalue weighted by atomic mass is 32.2. The third-order valence-electron chi connectivity index (χ3n) is 6.58. The van der Waals surface area contributed by atoms with Crippen LogP contribution in [0.1, 0.15) is 37.7 Å². The van der Waals surface area contributed by atoms with Crippen LogP contribution in [0.3, 0.4) is 0 Å². The van der Waals surface area contributed by atoms with Gasteiger partial charge < -0.3 is 9.80 Å². The Bertz CT molecular complexity index is 1110. The van der Waals surface area contributed by atoms with E-state index in [0.717, 1.165) is 63.0 Å². The van der Waals surface area contributed by atoms with Gasteiger partial charge >= 0.3 is 0 Å². The molecule has 1 aromatic carbocycles. The minimum Gasteiger partial charge on any atom is -0.355 e. The third kappa shape index (κ3) is 5.31. The summed E-state index contributed by atoms with van der Waals surface area (Å²) in [7, 11) is -3.87. The quantitative estimate of drug-likeness (QED) is 0.657. The SMILES string of the molecule is CS(=O)(=O)c1cc(F)c(C[C@H]2CCCCN(C3CCN(c4cnccn4)CC3)C2=O)cc1F. The second-order valence-corrected chi connectivity index (χ2v) is 10.8. The van der Waals surface area contributed by atoms with Crippen molar-refractivity contribution in [1.82, 2.24) is 14.9 Å². The molecule has 2 saturated heterocycles. The predicted molar refractivity (Wildman–Crippen MR) is 119 cm³/mol. The summed E-state index contributed by atoms with van der Waals surface area (Å²) in [5.74, 6) is -1.44. The van der Waals surface area contributed by atoms with Crippen molar-refractivity contribution in [3.63, 3.8) is 0 Å². The van der Waals surface area contributed by atoms with Crippen molar-refractivity contribution in [2.75, 3.05) is 30.8 Å². The Hall–Kier alpha value is -2.62. The van der Waals surface area contributed by atoms with Gasteiger partial charge in [0.1, 0.15) is 22.3 Å². The van der Waals surface area contributed by atoms with Crippen molar-refractivity contribution in [1.29, 1.82) is 0 Å². The zero-order chi connectivity index (χ0) is 23.6. The molecule has 33 heavy (non-hydrogen) atoms. The first-order valence-corrected chi connectivity index (χ1v) is 13.1. The van der Waals surface area contributed by atoms with Crippen molar-refractivity contribution in [2.45, 2.75) is 49.5 Å². The number of hydrogen-bond donors (Lipinski definition) is 0. The maximum Gasteiger partial charge on any atom is 0.226 e. The Morgan fingerprint density at radius 3 is 2.45 bits per heavy atom. The first-order chi connectivity index (χ1) is 15.7. The van der Waals surface area contributed by atoms with Crippen LogP contribution in [0.5, 0.6) is 0 Å². The molecular weight excluding hydrogens is 450 g/mol. The zero-order valence-electron chi connectivity index (χ0n) is 18.6. The predicted octanol–water partition coefficient (Wildman–Crippen LogP) is 3.00. The standard InChI is InChI=1S/C23H28F2N4O3S/c1-33(31,32)21-14-19(24)17(13-20(21)25)12-16-4-2-3-9-29(23(16)30)18-5-10-28(11-6-18)22-15-26-7-8-27-22/h7-8,13-16,18H,2-6,9-12H2,1H3/t16-/m1/s1. The fraction of sp³-hybridized carbons (Fsp3) is 0.522. The number of benzene rings is 1. The Morgan fingerprint density at radius 2 is 1.79 bits per heavy atom. The van der Waals surface area contributed by atoms with Crippen LogP contribution in [0.2, 0.25) is 0 Å². The lowest BCUT2D eigenvalue weighted by molar-refractivity contribution is -0.137. The number of sulfone groups is 1. The molecule has 3 heterocycles. The largest absolute Gasteiger partial charge is 0.355 e. The molecule has 0 unspecified atom stereocenters. The molecule has 1 amide bonds. The van der Waals surface area contributed by atoms with Gasteiger partial charge in [-0.05, 0) is 49.8 Å². The van der Waals surface area contributed by atoms with Crippen LogP contribution in [0, 0.1) is 17.6 Å². The van der Waals surface area contributed by atoms with Crippen molar-refractivity contribution in [3.8, 4) is 0 Å². The lowest BCUT2D eigenvalue weighted by Gasteiger charge is -2.39. The van der Waals surface area contributed by atoms with Crippen molar-refractivity contribution in [2.24, 2.45) is 5.92 Å². The van der Waals surface area contributed by atoms with Crippen molar-refractivity contribution >= 4 is 21.6 Å². The van der Waals surface area contributed by atoms with E-state index in [4.69, 9.17) is 0 Å². The zero-order valence-corrected chi connectivity index (χ0v) is 19.4. The third-order valence-corrected chi connectivity index (χ3v) is 7.69. The molecule has 0 N–H and O–H groups in total. The Kier molecular flexibility index (Phi) is 6.92. The lowest BCUT2D eigenvalue weighted by Crippen LogP contribution is -2.49. The number of piperidine rings is 1. The van der Waals surface area contributed by atoms with Gasteiger partial charge in [0.15, 0.2) is 9.84 Å². The molecule has 178 valence electrons. The van der Waals surface area contributed by atoms with Crippen LogP contribution in [-0.4, -0.2) is 61.1 Å². The van der Waals surface area contributed by atoms with Gasteiger partial charge in [-0.25, -0.2) is 22.2 Å². The number of amides is 1. The minimum atomic E-state index is -3.87. The minimum absolute atomic E-state index is 0.0301. The molecule has 2 aliphatic heterocycles. The first kappa shape index (κ1) is 23.5. The van der Waals surface area contributed by atoms with Crippen LogP contribution < -0.4 is 4.90 Å². The van der Waals surface area contributed by atoms with E-state index in [1.165, 1.54) is 0 Å². The van der Waals surface area contributed by atoms with E-state index in [0.29, 0.717) is 13.0 Å². The van der Waals surface area contributed by atoms with Gasteiger partial charge in [0, 0.05) is 50.2 Å². The van der Waals surface area contributed by atoms with Gasteiger partial charge in [0.25, 0.3) is 0 Å². The number of aromatic nitrogens is 2. The Labute approximate surface area is 192 Å². The van der Waals surface area contributed by atoms with Gasteiger partial charge in [-0.15, -0.1) is 0 Å². The molecule has 0 spiro atoms. The highest BCUT2D eigenvalue weighted by molar-refractivity contribution is 7.90. The average Bonchev–Trinajstić information content (AvgIpc) is 2.97. The van der Waals surface area contributed by atoms with E-state index < -0.39 is 32.3 Å². The molecule has 2 aliphatic rings. The summed E-state index contributed by atoms with van der Waals surface area (Å²) in [5, 5.41) is 0. The fourth-order valence-corrected chi connectivity index (χ4v) is 5.56. The topological polar surface area (TPSA) is 83.5 Å². The van der Waals surface area contributed by atoms with E-state index in [2.05, 4.69) is 14.9 Å². The van der Waals surface area contributed by atoms with Gasteiger partial charge in [0.2, 0.25) is 5.91 Å². The summed E-state index contributed by atoms with van der Waals surface area (Å²) in [5.41, 5.74) is 0.0394. The van der Waals surface area contributed by atoms with E-state index in [-0.39, 0.29) is 23.9 Å². The number of likely N-dealkylation sites (tertiary alicyclic amines) is 1. The summed E-state index contributed by atoms with van der Waals surface area (Å²) >= 11 is 0. The highest BCUT2D eigenvalue weighted by Crippen LogP contribution is 2.29. The highest BCUT2D eigenvalue weighted by Gasteiger charge is 2.34. The summed E-state index contributed by atoms with van der Waals surface area (Å²) in [6.45, 7) is 2.20. The molecule has 7 nitrogen and oxygen atoms in total. The number of anilines is 1. The smallest absolute Gasteiger partial charge is 0.226 e. The number of halogens is 2. The van der Waals surface area contributed by atoms with Crippen molar-refractivity contribution < 1.29 is 22.0 Å². The second-order valence-electron chi connectivity index (χ2n) is 8.86. The summed E-state index contributed by atoms with van der Waals surface area (Å²) in [6, 6.07) is 1.74. The van der Waals surface area contributed by atoms with Crippen molar-refractivity contribution in [3.05, 3.63) is 47.9 Å². The first-order valence-electron chi connectivity index (χ1n) is 11.2. The number of carbonyl (C=O) groups excluding carboxylic acids is 1. The van der Waals surface area contributed by atoms with Gasteiger partial charge in [0.05, 0.1) is 6.20 Å². The Morgan fingerprint density at radius 1 is 1.03 bits per heavy atom. The molecule has 10 heteroatoms. The molecular formula is C23H28F2N4O3S. The normalized spacial score (nSPS) is 20.7. The number of carbonyl (C=O) groups is 1. The lowest BCUT2D eigenvalue weighted by atomic mass is 9.93. The van der Waals surface area contributed by atoms with Crippen LogP contribution in [0.4, 0.5) is 14.6 Å². The Balaban J connectivity index is 1.46. The van der Waals surface area contributed by atoms with Gasteiger partial charge in [-0.3, -0.25) is 9.78 Å². The second kappa shape index (κ2) is 9.70. The van der Waals surface area contributed by atoms with E-state index in [9.17, 15) is 22.0 Å². The molecule has 2 fully saturated rings. The van der Waals surface area contributed by atoms with E-state index in [1.807, 2.05) is 4.90 Å². The fourth-order valence-electron chi connectivity index (χ4n) is 4.83. The molecule has 1 aromatic heterocycles. The molecule has 0 radical (unpaired) electrons. The summed E-state index contributed by atoms with van der Waals surface area (Å²) < 4.78 is 52.3. The maximum absolute atomic E-state index is 14.6. The van der Waals surface area contributed by atoms with E-state index in [1.54, 1.807) is 18.6 Å². The molecule has 1 atom stereocenters. The molecule has 4 rings (SSSR count). The molecule has 2 aromatic rings. The summed E-state index contributed by atoms with van der Waals surface area (Å²) in [6.07, 6.45) is 9.84. The number of rotatable bonds is 5. The van der Waals surface area contributed by atoms with Crippen LogP contribution in [-0.2, 0) is 21.1 Å². The van der Waals surface area contributed by atoms with Gasteiger partial charge in [-0.1, -0.05) is 6.42 Å². The van der Waals surface area contributed by atoms with E-state index >= 15 is 0 Å². The van der Waals surface area contributed by atoms with Crippen LogP contribution in [0.25, 0.3) is 0 Å². The van der Waals surface area contributed by atoms with Crippen LogP contribution in [0.15, 0.2) is 35.6 Å². The molecule has 0 bridgehead atoms. The number of nitrogens with zero attached hydrogens (tertiary/aromatic N) is 4. The molecule has 0 aliphatic carbocycles. The van der Waals surface area contributed by atoms with Crippen LogP contribution >= 0.6 is 0 Å². The molecule has 0 saturated carbocycles. The number of hydrogen-bond acceptors (Lipinski definition) is 6.